The van der Waals surface area contributed by atoms with Gasteiger partial charge >= 0.3 is 0 Å². The fraction of sp³-hybridized carbons (Fsp3) is 0.625. The van der Waals surface area contributed by atoms with Crippen LogP contribution in [0.15, 0.2) is 24.3 Å². The van der Waals surface area contributed by atoms with Gasteiger partial charge < -0.3 is 5.73 Å². The van der Waals surface area contributed by atoms with Gasteiger partial charge in [-0.15, -0.1) is 0 Å². The van der Waals surface area contributed by atoms with E-state index in [1.165, 1.54) is 5.56 Å². The highest BCUT2D eigenvalue weighted by molar-refractivity contribution is 7.86. The summed E-state index contributed by atoms with van der Waals surface area (Å²) in [5.74, 6) is 0. The molecule has 0 aliphatic carbocycles. The van der Waals surface area contributed by atoms with Gasteiger partial charge in [-0.2, -0.15) is 17.0 Å². The lowest BCUT2D eigenvalue weighted by Crippen LogP contribution is -2.57. The van der Waals surface area contributed by atoms with Crippen LogP contribution in [0.4, 0.5) is 0 Å². The second-order valence-electron chi connectivity index (χ2n) is 7.08. The van der Waals surface area contributed by atoms with Gasteiger partial charge in [-0.25, -0.2) is 0 Å². The molecule has 1 atom stereocenters. The van der Waals surface area contributed by atoms with Crippen molar-refractivity contribution < 1.29 is 8.42 Å². The maximum Gasteiger partial charge on any atom is 0.282 e. The molecule has 0 radical (unpaired) electrons. The van der Waals surface area contributed by atoms with Crippen molar-refractivity contribution in [3.8, 4) is 0 Å². The molecule has 1 aromatic rings. The van der Waals surface area contributed by atoms with Crippen molar-refractivity contribution in [3.63, 3.8) is 0 Å². The van der Waals surface area contributed by atoms with Crippen LogP contribution < -0.4 is 5.73 Å². The Balaban J connectivity index is 1.80. The predicted molar refractivity (Wildman–Crippen MR) is 87.4 cm³/mol. The Bertz CT molecular complexity index is 657. The van der Waals surface area contributed by atoms with Crippen LogP contribution >= 0.6 is 0 Å². The second-order valence-corrected chi connectivity index (χ2v) is 9.01. The SMILES string of the molecule is CC1(C)CN(S(=O)(=O)N2CCc3ccccc3C2)CCC1N. The van der Waals surface area contributed by atoms with Crippen LogP contribution in [0.5, 0.6) is 0 Å². The number of hydrogen-bond acceptors (Lipinski definition) is 3. The first-order valence-electron chi connectivity index (χ1n) is 7.88. The minimum absolute atomic E-state index is 0.0565. The third-order valence-electron chi connectivity index (χ3n) is 5.03. The van der Waals surface area contributed by atoms with Gasteiger partial charge in [0.05, 0.1) is 0 Å². The molecule has 2 aliphatic heterocycles. The molecule has 0 bridgehead atoms. The van der Waals surface area contributed by atoms with E-state index in [1.807, 2.05) is 32.0 Å². The normalized spacial score (nSPS) is 26.6. The molecular formula is C16H25N3O2S. The summed E-state index contributed by atoms with van der Waals surface area (Å²) in [5.41, 5.74) is 8.32. The third-order valence-corrected chi connectivity index (χ3v) is 6.95. The van der Waals surface area contributed by atoms with Gasteiger partial charge in [0.25, 0.3) is 10.2 Å². The number of nitrogens with zero attached hydrogens (tertiary/aromatic N) is 2. The third kappa shape index (κ3) is 2.80. The van der Waals surface area contributed by atoms with Crippen molar-refractivity contribution >= 4 is 10.2 Å². The zero-order valence-electron chi connectivity index (χ0n) is 13.3. The van der Waals surface area contributed by atoms with Gasteiger partial charge in [-0.1, -0.05) is 38.1 Å². The van der Waals surface area contributed by atoms with Crippen molar-refractivity contribution in [1.82, 2.24) is 8.61 Å². The lowest BCUT2D eigenvalue weighted by molar-refractivity contribution is 0.147. The number of piperidine rings is 1. The first-order valence-corrected chi connectivity index (χ1v) is 9.28. The molecule has 0 aromatic heterocycles. The topological polar surface area (TPSA) is 66.6 Å². The van der Waals surface area contributed by atoms with Crippen molar-refractivity contribution in [3.05, 3.63) is 35.4 Å². The summed E-state index contributed by atoms with van der Waals surface area (Å²) in [6, 6.07) is 8.14. The van der Waals surface area contributed by atoms with E-state index in [1.54, 1.807) is 8.61 Å². The van der Waals surface area contributed by atoms with E-state index in [0.717, 1.165) is 18.4 Å². The average molecular weight is 323 g/mol. The average Bonchev–Trinajstić information content (AvgIpc) is 2.49. The molecule has 0 saturated carbocycles. The van der Waals surface area contributed by atoms with Gasteiger partial charge in [0, 0.05) is 32.2 Å². The summed E-state index contributed by atoms with van der Waals surface area (Å²) < 4.78 is 29.1. The van der Waals surface area contributed by atoms with Crippen molar-refractivity contribution in [2.75, 3.05) is 19.6 Å². The van der Waals surface area contributed by atoms with E-state index in [4.69, 9.17) is 5.73 Å². The van der Waals surface area contributed by atoms with E-state index in [0.29, 0.717) is 26.2 Å². The summed E-state index contributed by atoms with van der Waals surface area (Å²) in [6.07, 6.45) is 1.50. The summed E-state index contributed by atoms with van der Waals surface area (Å²) in [7, 11) is -3.41. The van der Waals surface area contributed by atoms with Crippen LogP contribution in [0.25, 0.3) is 0 Å². The molecule has 1 saturated heterocycles. The highest BCUT2D eigenvalue weighted by Crippen LogP contribution is 2.31. The lowest BCUT2D eigenvalue weighted by atomic mass is 9.81. The molecule has 0 spiro atoms. The molecule has 1 fully saturated rings. The first-order chi connectivity index (χ1) is 10.3. The van der Waals surface area contributed by atoms with Crippen LogP contribution in [-0.4, -0.2) is 42.7 Å². The van der Waals surface area contributed by atoms with Crippen molar-refractivity contribution in [2.45, 2.75) is 39.3 Å². The van der Waals surface area contributed by atoms with Gasteiger partial charge in [-0.3, -0.25) is 0 Å². The van der Waals surface area contributed by atoms with Crippen LogP contribution in [0, 0.1) is 5.41 Å². The molecule has 1 unspecified atom stereocenters. The number of rotatable bonds is 2. The summed E-state index contributed by atoms with van der Waals surface area (Å²) >= 11 is 0. The van der Waals surface area contributed by atoms with Crippen LogP contribution in [0.2, 0.25) is 0 Å². The largest absolute Gasteiger partial charge is 0.327 e. The zero-order chi connectivity index (χ0) is 16.0. The Morgan fingerprint density at radius 1 is 1.14 bits per heavy atom. The maximum atomic E-state index is 13.0. The number of benzene rings is 1. The van der Waals surface area contributed by atoms with E-state index < -0.39 is 10.2 Å². The summed E-state index contributed by atoms with van der Waals surface area (Å²) in [5, 5.41) is 0. The first kappa shape index (κ1) is 15.9. The molecule has 2 heterocycles. The predicted octanol–water partition coefficient (Wildman–Crippen LogP) is 1.35. The molecule has 122 valence electrons. The van der Waals surface area contributed by atoms with E-state index in [-0.39, 0.29) is 11.5 Å². The van der Waals surface area contributed by atoms with Gasteiger partial charge in [0.2, 0.25) is 0 Å². The van der Waals surface area contributed by atoms with Gasteiger partial charge in [0.15, 0.2) is 0 Å². The Morgan fingerprint density at radius 2 is 1.82 bits per heavy atom. The molecule has 0 amide bonds. The molecule has 5 nitrogen and oxygen atoms in total. The maximum absolute atomic E-state index is 13.0. The quantitative estimate of drug-likeness (QED) is 0.893. The number of fused-ring (bicyclic) bond motifs is 1. The fourth-order valence-corrected chi connectivity index (χ4v) is 5.13. The van der Waals surface area contributed by atoms with Crippen LogP contribution in [0.1, 0.15) is 31.4 Å². The second kappa shape index (κ2) is 5.60. The summed E-state index contributed by atoms with van der Waals surface area (Å²) in [6.45, 7) is 6.14. The standard InChI is InChI=1S/C16H25N3O2S/c1-16(2)12-19(10-8-15(16)17)22(20,21)18-9-7-13-5-3-4-6-14(13)11-18/h3-6,15H,7-12,17H2,1-2H3. The van der Waals surface area contributed by atoms with Gasteiger partial charge in [-0.05, 0) is 29.4 Å². The van der Waals surface area contributed by atoms with Crippen LogP contribution in [0.3, 0.4) is 0 Å². The molecule has 2 N–H and O–H groups in total. The molecule has 1 aromatic carbocycles. The van der Waals surface area contributed by atoms with Crippen molar-refractivity contribution in [2.24, 2.45) is 11.1 Å². The smallest absolute Gasteiger partial charge is 0.282 e. The fourth-order valence-electron chi connectivity index (χ4n) is 3.35. The number of hydrogen-bond donors (Lipinski definition) is 1. The van der Waals surface area contributed by atoms with E-state index in [2.05, 4.69) is 6.07 Å². The Kier molecular flexibility index (Phi) is 4.05. The van der Waals surface area contributed by atoms with Crippen molar-refractivity contribution in [1.29, 1.82) is 0 Å². The van der Waals surface area contributed by atoms with E-state index >= 15 is 0 Å². The number of nitrogens with two attached hydrogens (primary N) is 1. The summed E-state index contributed by atoms with van der Waals surface area (Å²) in [4.78, 5) is 0. The molecule has 22 heavy (non-hydrogen) atoms. The zero-order valence-corrected chi connectivity index (χ0v) is 14.1. The van der Waals surface area contributed by atoms with Gasteiger partial charge in [0.1, 0.15) is 0 Å². The molecule has 3 rings (SSSR count). The monoisotopic (exact) mass is 323 g/mol. The minimum Gasteiger partial charge on any atom is -0.327 e. The Hall–Kier alpha value is -0.950. The highest BCUT2D eigenvalue weighted by Gasteiger charge is 2.41. The van der Waals surface area contributed by atoms with Crippen LogP contribution in [-0.2, 0) is 23.2 Å². The lowest BCUT2D eigenvalue weighted by Gasteiger charge is -2.43. The Labute approximate surface area is 133 Å². The molecular weight excluding hydrogens is 298 g/mol. The van der Waals surface area contributed by atoms with E-state index in [9.17, 15) is 8.42 Å². The Morgan fingerprint density at radius 3 is 2.50 bits per heavy atom. The highest BCUT2D eigenvalue weighted by atomic mass is 32.2. The molecule has 2 aliphatic rings. The molecule has 6 heteroatoms. The minimum atomic E-state index is -3.41.